The Kier molecular flexibility index (Phi) is 9.78. The van der Waals surface area contributed by atoms with Crippen LogP contribution < -0.4 is 0 Å². The van der Waals surface area contributed by atoms with Crippen molar-refractivity contribution in [1.82, 2.24) is 9.80 Å². The maximum atomic E-state index is 2.36. The van der Waals surface area contributed by atoms with Crippen LogP contribution in [0.3, 0.4) is 0 Å². The highest BCUT2D eigenvalue weighted by Crippen LogP contribution is 2.02. The van der Waals surface area contributed by atoms with E-state index in [1.54, 1.807) is 0 Å². The molecule has 0 radical (unpaired) electrons. The van der Waals surface area contributed by atoms with Crippen LogP contribution in [0.2, 0.25) is 0 Å². The maximum Gasteiger partial charge on any atom is 0.0231 e. The van der Waals surface area contributed by atoms with Gasteiger partial charge >= 0.3 is 0 Å². The molecular formula is C15H28N2. The second-order valence-corrected chi connectivity index (χ2v) is 4.12. The van der Waals surface area contributed by atoms with Crippen molar-refractivity contribution in [3.8, 4) is 0 Å². The Labute approximate surface area is 107 Å². The second kappa shape index (κ2) is 10.3. The SMILES string of the molecule is CC.CCN(C)CCN(C)Cc1ccccc1. The molecule has 0 saturated carbocycles. The van der Waals surface area contributed by atoms with Gasteiger partial charge < -0.3 is 9.80 Å². The fourth-order valence-electron chi connectivity index (χ4n) is 1.47. The molecule has 1 rings (SSSR count). The molecule has 0 bridgehead atoms. The van der Waals surface area contributed by atoms with E-state index in [1.165, 1.54) is 5.56 Å². The van der Waals surface area contributed by atoms with Crippen molar-refractivity contribution in [2.75, 3.05) is 33.7 Å². The van der Waals surface area contributed by atoms with Crippen LogP contribution in [0, 0.1) is 0 Å². The Hall–Kier alpha value is -0.860. The van der Waals surface area contributed by atoms with Gasteiger partial charge in [-0.3, -0.25) is 0 Å². The minimum absolute atomic E-state index is 1.04. The Morgan fingerprint density at radius 3 is 1.94 bits per heavy atom. The number of hydrogen-bond donors (Lipinski definition) is 0. The van der Waals surface area contributed by atoms with Crippen LogP contribution in [0.5, 0.6) is 0 Å². The molecule has 0 aliphatic rings. The molecule has 0 heterocycles. The smallest absolute Gasteiger partial charge is 0.0231 e. The molecule has 98 valence electrons. The van der Waals surface area contributed by atoms with Crippen LogP contribution in [0.1, 0.15) is 26.3 Å². The van der Waals surface area contributed by atoms with E-state index in [4.69, 9.17) is 0 Å². The first kappa shape index (κ1) is 16.1. The quantitative estimate of drug-likeness (QED) is 0.749. The van der Waals surface area contributed by atoms with Crippen molar-refractivity contribution < 1.29 is 0 Å². The van der Waals surface area contributed by atoms with E-state index in [2.05, 4.69) is 61.2 Å². The number of rotatable bonds is 6. The summed E-state index contributed by atoms with van der Waals surface area (Å²) in [5.41, 5.74) is 1.39. The van der Waals surface area contributed by atoms with Gasteiger partial charge in [0.2, 0.25) is 0 Å². The van der Waals surface area contributed by atoms with Crippen LogP contribution in [-0.4, -0.2) is 43.5 Å². The molecule has 0 saturated heterocycles. The highest BCUT2D eigenvalue weighted by Gasteiger charge is 2.01. The predicted octanol–water partition coefficient (Wildman–Crippen LogP) is 3.10. The molecule has 1 aromatic rings. The van der Waals surface area contributed by atoms with Gasteiger partial charge in [0.05, 0.1) is 0 Å². The number of likely N-dealkylation sites (N-methyl/N-ethyl adjacent to an activating group) is 2. The zero-order valence-electron chi connectivity index (χ0n) is 12.1. The molecule has 0 N–H and O–H groups in total. The molecule has 1 aromatic carbocycles. The molecule has 17 heavy (non-hydrogen) atoms. The van der Waals surface area contributed by atoms with Crippen molar-refractivity contribution >= 4 is 0 Å². The molecule has 0 atom stereocenters. The lowest BCUT2D eigenvalue weighted by atomic mass is 10.2. The summed E-state index contributed by atoms with van der Waals surface area (Å²) in [4.78, 5) is 4.70. The van der Waals surface area contributed by atoms with Gasteiger partial charge in [-0.05, 0) is 26.2 Å². The normalized spacial score (nSPS) is 10.3. The third kappa shape index (κ3) is 7.94. The van der Waals surface area contributed by atoms with E-state index in [1.807, 2.05) is 13.8 Å². The highest BCUT2D eigenvalue weighted by molar-refractivity contribution is 5.14. The van der Waals surface area contributed by atoms with Crippen LogP contribution in [0.4, 0.5) is 0 Å². The van der Waals surface area contributed by atoms with E-state index in [0.717, 1.165) is 26.2 Å². The van der Waals surface area contributed by atoms with Gasteiger partial charge in [0.1, 0.15) is 0 Å². The van der Waals surface area contributed by atoms with Crippen molar-refractivity contribution in [1.29, 1.82) is 0 Å². The Balaban J connectivity index is 0.00000121. The molecule has 0 unspecified atom stereocenters. The summed E-state index contributed by atoms with van der Waals surface area (Å²) in [6.45, 7) is 10.6. The minimum Gasteiger partial charge on any atom is -0.305 e. The van der Waals surface area contributed by atoms with Crippen LogP contribution in [-0.2, 0) is 6.54 Å². The first-order valence-electron chi connectivity index (χ1n) is 6.63. The van der Waals surface area contributed by atoms with Gasteiger partial charge in [0.25, 0.3) is 0 Å². The number of nitrogens with zero attached hydrogens (tertiary/aromatic N) is 2. The lowest BCUT2D eigenvalue weighted by Crippen LogP contribution is -2.30. The van der Waals surface area contributed by atoms with E-state index in [-0.39, 0.29) is 0 Å². The lowest BCUT2D eigenvalue weighted by Gasteiger charge is -2.20. The van der Waals surface area contributed by atoms with Crippen molar-refractivity contribution in [2.45, 2.75) is 27.3 Å². The Morgan fingerprint density at radius 1 is 0.882 bits per heavy atom. The van der Waals surface area contributed by atoms with Gasteiger partial charge in [-0.25, -0.2) is 0 Å². The first-order chi connectivity index (χ1) is 8.22. The molecule has 0 spiro atoms. The fourth-order valence-corrected chi connectivity index (χ4v) is 1.47. The zero-order chi connectivity index (χ0) is 13.1. The fraction of sp³-hybridized carbons (Fsp3) is 0.600. The maximum absolute atomic E-state index is 2.36. The standard InChI is InChI=1S/C13H22N2.C2H6/c1-4-14(2)10-11-15(3)12-13-8-6-5-7-9-13;1-2/h5-9H,4,10-12H2,1-3H3;1-2H3. The summed E-state index contributed by atoms with van der Waals surface area (Å²) >= 11 is 0. The second-order valence-electron chi connectivity index (χ2n) is 4.12. The minimum atomic E-state index is 1.04. The molecule has 0 fully saturated rings. The first-order valence-corrected chi connectivity index (χ1v) is 6.63. The van der Waals surface area contributed by atoms with E-state index in [0.29, 0.717) is 0 Å². The summed E-state index contributed by atoms with van der Waals surface area (Å²) in [6, 6.07) is 10.6. The van der Waals surface area contributed by atoms with Crippen molar-refractivity contribution in [3.63, 3.8) is 0 Å². The Morgan fingerprint density at radius 2 is 1.41 bits per heavy atom. The van der Waals surface area contributed by atoms with Gasteiger partial charge in [-0.1, -0.05) is 51.1 Å². The lowest BCUT2D eigenvalue weighted by molar-refractivity contribution is 0.258. The summed E-state index contributed by atoms with van der Waals surface area (Å²) in [5, 5.41) is 0. The molecule has 0 aromatic heterocycles. The van der Waals surface area contributed by atoms with Gasteiger partial charge in [-0.2, -0.15) is 0 Å². The Bertz CT molecular complexity index is 259. The molecular weight excluding hydrogens is 208 g/mol. The van der Waals surface area contributed by atoms with Crippen molar-refractivity contribution in [3.05, 3.63) is 35.9 Å². The summed E-state index contributed by atoms with van der Waals surface area (Å²) in [6.07, 6.45) is 0. The van der Waals surface area contributed by atoms with Crippen LogP contribution in [0.15, 0.2) is 30.3 Å². The molecule has 0 aliphatic carbocycles. The highest BCUT2D eigenvalue weighted by atomic mass is 15.2. The topological polar surface area (TPSA) is 6.48 Å². The summed E-state index contributed by atoms with van der Waals surface area (Å²) in [7, 11) is 4.34. The van der Waals surface area contributed by atoms with Crippen molar-refractivity contribution in [2.24, 2.45) is 0 Å². The van der Waals surface area contributed by atoms with E-state index >= 15 is 0 Å². The van der Waals surface area contributed by atoms with E-state index in [9.17, 15) is 0 Å². The summed E-state index contributed by atoms with van der Waals surface area (Å²) < 4.78 is 0. The molecule has 2 nitrogen and oxygen atoms in total. The summed E-state index contributed by atoms with van der Waals surface area (Å²) in [5.74, 6) is 0. The predicted molar refractivity (Wildman–Crippen MR) is 77.3 cm³/mol. The van der Waals surface area contributed by atoms with E-state index < -0.39 is 0 Å². The average Bonchev–Trinajstić information content (AvgIpc) is 2.39. The third-order valence-electron chi connectivity index (χ3n) is 2.70. The van der Waals surface area contributed by atoms with Gasteiger partial charge in [0.15, 0.2) is 0 Å². The van der Waals surface area contributed by atoms with Gasteiger partial charge in [0, 0.05) is 19.6 Å². The molecule has 0 amide bonds. The molecule has 2 heteroatoms. The zero-order valence-corrected chi connectivity index (χ0v) is 12.1. The number of benzene rings is 1. The largest absolute Gasteiger partial charge is 0.305 e. The monoisotopic (exact) mass is 236 g/mol. The average molecular weight is 236 g/mol. The van der Waals surface area contributed by atoms with Gasteiger partial charge in [-0.15, -0.1) is 0 Å². The third-order valence-corrected chi connectivity index (χ3v) is 2.70. The molecule has 0 aliphatic heterocycles. The van der Waals surface area contributed by atoms with Crippen LogP contribution >= 0.6 is 0 Å². The van der Waals surface area contributed by atoms with Crippen LogP contribution in [0.25, 0.3) is 0 Å². The number of hydrogen-bond acceptors (Lipinski definition) is 2.